The summed E-state index contributed by atoms with van der Waals surface area (Å²) in [6, 6.07) is 13.9. The average Bonchev–Trinajstić information content (AvgIpc) is 3.24. The maximum atomic E-state index is 12.8. The third kappa shape index (κ3) is 2.88. The number of amides is 1. The largest absolute Gasteiger partial charge is 0.370 e. The summed E-state index contributed by atoms with van der Waals surface area (Å²) < 4.78 is 0. The molecule has 0 radical (unpaired) electrons. The molecule has 0 atom stereocenters. The minimum atomic E-state index is -0.0631. The van der Waals surface area contributed by atoms with E-state index < -0.39 is 0 Å². The van der Waals surface area contributed by atoms with Gasteiger partial charge >= 0.3 is 0 Å². The molecule has 1 saturated heterocycles. The smallest absolute Gasteiger partial charge is 0.255 e. The molecule has 1 amide bonds. The van der Waals surface area contributed by atoms with Crippen LogP contribution in [-0.4, -0.2) is 24.0 Å². The maximum absolute atomic E-state index is 12.8. The van der Waals surface area contributed by atoms with E-state index in [0.717, 1.165) is 41.1 Å². The van der Waals surface area contributed by atoms with Crippen molar-refractivity contribution in [2.24, 2.45) is 0 Å². The van der Waals surface area contributed by atoms with Crippen molar-refractivity contribution in [3.63, 3.8) is 0 Å². The maximum Gasteiger partial charge on any atom is 0.255 e. The monoisotopic (exact) mass is 333 g/mol. The molecule has 1 aliphatic rings. The Balaban J connectivity index is 1.63. The molecule has 4 rings (SSSR count). The van der Waals surface area contributed by atoms with Crippen molar-refractivity contribution in [3.05, 3.63) is 59.3 Å². The zero-order chi connectivity index (χ0) is 17.4. The number of hydrogen-bond acceptors (Lipinski definition) is 2. The molecule has 2 N–H and O–H groups in total. The van der Waals surface area contributed by atoms with Crippen molar-refractivity contribution >= 4 is 28.2 Å². The third-order valence-electron chi connectivity index (χ3n) is 5.17. The molecule has 1 fully saturated rings. The van der Waals surface area contributed by atoms with Crippen LogP contribution in [0.3, 0.4) is 0 Å². The van der Waals surface area contributed by atoms with E-state index in [1.165, 1.54) is 18.4 Å². The Kier molecular flexibility index (Phi) is 3.96. The van der Waals surface area contributed by atoms with Crippen LogP contribution < -0.4 is 10.2 Å². The van der Waals surface area contributed by atoms with E-state index >= 15 is 0 Å². The van der Waals surface area contributed by atoms with Gasteiger partial charge in [-0.15, -0.1) is 0 Å². The Morgan fingerprint density at radius 2 is 1.84 bits per heavy atom. The topological polar surface area (TPSA) is 48.1 Å². The fourth-order valence-electron chi connectivity index (χ4n) is 3.61. The molecule has 128 valence electrons. The quantitative estimate of drug-likeness (QED) is 0.734. The molecule has 0 spiro atoms. The first kappa shape index (κ1) is 15.8. The molecule has 3 aromatic rings. The van der Waals surface area contributed by atoms with Gasteiger partial charge in [-0.1, -0.05) is 12.1 Å². The van der Waals surface area contributed by atoms with E-state index in [-0.39, 0.29) is 5.91 Å². The van der Waals surface area contributed by atoms with Crippen LogP contribution in [0.2, 0.25) is 0 Å². The molecule has 1 aliphatic heterocycles. The minimum Gasteiger partial charge on any atom is -0.370 e. The van der Waals surface area contributed by atoms with Gasteiger partial charge in [0.25, 0.3) is 5.91 Å². The summed E-state index contributed by atoms with van der Waals surface area (Å²) in [6.07, 6.45) is 2.43. The van der Waals surface area contributed by atoms with Crippen molar-refractivity contribution in [3.8, 4) is 0 Å². The molecule has 0 saturated carbocycles. The number of para-hydroxylation sites is 2. The number of H-pyrrole nitrogens is 1. The highest BCUT2D eigenvalue weighted by Gasteiger charge is 2.17. The van der Waals surface area contributed by atoms with Gasteiger partial charge in [0.15, 0.2) is 0 Å². The highest BCUT2D eigenvalue weighted by Crippen LogP contribution is 2.29. The lowest BCUT2D eigenvalue weighted by atomic mass is 10.1. The zero-order valence-corrected chi connectivity index (χ0v) is 14.7. The first-order valence-corrected chi connectivity index (χ1v) is 8.88. The molecule has 0 unspecified atom stereocenters. The lowest BCUT2D eigenvalue weighted by Gasteiger charge is -2.21. The number of carbonyl (C=O) groups is 1. The van der Waals surface area contributed by atoms with Crippen LogP contribution in [-0.2, 0) is 0 Å². The van der Waals surface area contributed by atoms with Crippen LogP contribution in [0, 0.1) is 13.8 Å². The molecule has 25 heavy (non-hydrogen) atoms. The predicted octanol–water partition coefficient (Wildman–Crippen LogP) is 4.64. The van der Waals surface area contributed by atoms with Crippen LogP contribution in [0.15, 0.2) is 42.5 Å². The number of nitrogens with zero attached hydrogens (tertiary/aromatic N) is 1. The molecule has 2 heterocycles. The number of benzene rings is 2. The summed E-state index contributed by atoms with van der Waals surface area (Å²) in [5, 5.41) is 4.21. The first-order valence-electron chi connectivity index (χ1n) is 8.88. The van der Waals surface area contributed by atoms with Crippen molar-refractivity contribution < 1.29 is 4.79 Å². The summed E-state index contributed by atoms with van der Waals surface area (Å²) in [4.78, 5) is 18.5. The van der Waals surface area contributed by atoms with E-state index in [1.807, 2.05) is 36.4 Å². The van der Waals surface area contributed by atoms with Gasteiger partial charge in [-0.05, 0) is 62.6 Å². The Bertz CT molecular complexity index is 935. The number of hydrogen-bond donors (Lipinski definition) is 2. The first-order chi connectivity index (χ1) is 12.1. The minimum absolute atomic E-state index is 0.0631. The highest BCUT2D eigenvalue weighted by molar-refractivity contribution is 6.08. The van der Waals surface area contributed by atoms with Gasteiger partial charge in [-0.2, -0.15) is 0 Å². The molecule has 4 heteroatoms. The Morgan fingerprint density at radius 3 is 2.64 bits per heavy atom. The van der Waals surface area contributed by atoms with Crippen LogP contribution in [0.4, 0.5) is 11.4 Å². The molecular weight excluding hydrogens is 310 g/mol. The van der Waals surface area contributed by atoms with Gasteiger partial charge < -0.3 is 15.2 Å². The predicted molar refractivity (Wildman–Crippen MR) is 104 cm³/mol. The van der Waals surface area contributed by atoms with Gasteiger partial charge in [0.2, 0.25) is 0 Å². The second kappa shape index (κ2) is 6.28. The normalized spacial score (nSPS) is 14.2. The van der Waals surface area contributed by atoms with Crippen LogP contribution in [0.25, 0.3) is 10.9 Å². The summed E-state index contributed by atoms with van der Waals surface area (Å²) >= 11 is 0. The molecule has 4 nitrogen and oxygen atoms in total. The molecule has 0 bridgehead atoms. The number of aryl methyl sites for hydroxylation is 2. The number of aromatic nitrogens is 1. The fraction of sp³-hybridized carbons (Fsp3) is 0.286. The van der Waals surface area contributed by atoms with E-state index in [0.29, 0.717) is 5.56 Å². The van der Waals surface area contributed by atoms with E-state index in [2.05, 4.69) is 35.1 Å². The van der Waals surface area contributed by atoms with Crippen LogP contribution in [0.1, 0.15) is 34.5 Å². The van der Waals surface area contributed by atoms with Gasteiger partial charge in [0.1, 0.15) is 0 Å². The number of aromatic amines is 1. The van der Waals surface area contributed by atoms with Gasteiger partial charge in [0, 0.05) is 35.2 Å². The summed E-state index contributed by atoms with van der Waals surface area (Å²) in [5.74, 6) is -0.0631. The molecule has 2 aromatic carbocycles. The van der Waals surface area contributed by atoms with Gasteiger partial charge in [0.05, 0.1) is 11.4 Å². The number of anilines is 2. The SMILES string of the molecule is Cc1[nH]c2ccc(C(=O)Nc3ccccc3N3CCCC3)cc2c1C. The lowest BCUT2D eigenvalue weighted by Crippen LogP contribution is -2.21. The standard InChI is InChI=1S/C21H23N3O/c1-14-15(2)22-18-10-9-16(13-17(14)18)21(25)23-19-7-3-4-8-20(19)24-11-5-6-12-24/h3-4,7-10,13,22H,5-6,11-12H2,1-2H3,(H,23,25). The summed E-state index contributed by atoms with van der Waals surface area (Å²) in [6.45, 7) is 6.25. The van der Waals surface area contributed by atoms with Gasteiger partial charge in [-0.3, -0.25) is 4.79 Å². The van der Waals surface area contributed by atoms with Crippen molar-refractivity contribution in [1.29, 1.82) is 0 Å². The third-order valence-corrected chi connectivity index (χ3v) is 5.17. The van der Waals surface area contributed by atoms with Crippen molar-refractivity contribution in [2.75, 3.05) is 23.3 Å². The second-order valence-electron chi connectivity index (χ2n) is 6.80. The number of nitrogens with one attached hydrogen (secondary N) is 2. The number of fused-ring (bicyclic) bond motifs is 1. The molecular formula is C21H23N3O. The zero-order valence-electron chi connectivity index (χ0n) is 14.7. The lowest BCUT2D eigenvalue weighted by molar-refractivity contribution is 0.102. The highest BCUT2D eigenvalue weighted by atomic mass is 16.1. The average molecular weight is 333 g/mol. The van der Waals surface area contributed by atoms with Crippen LogP contribution >= 0.6 is 0 Å². The van der Waals surface area contributed by atoms with E-state index in [9.17, 15) is 4.79 Å². The Labute approximate surface area is 147 Å². The molecule has 0 aliphatic carbocycles. The number of carbonyl (C=O) groups excluding carboxylic acids is 1. The second-order valence-corrected chi connectivity index (χ2v) is 6.80. The summed E-state index contributed by atoms with van der Waals surface area (Å²) in [5.41, 5.74) is 6.10. The van der Waals surface area contributed by atoms with Gasteiger partial charge in [-0.25, -0.2) is 0 Å². The number of rotatable bonds is 3. The molecule has 1 aromatic heterocycles. The van der Waals surface area contributed by atoms with Crippen molar-refractivity contribution in [1.82, 2.24) is 4.98 Å². The summed E-state index contributed by atoms with van der Waals surface area (Å²) in [7, 11) is 0. The van der Waals surface area contributed by atoms with Crippen LogP contribution in [0.5, 0.6) is 0 Å². The Hall–Kier alpha value is -2.75. The van der Waals surface area contributed by atoms with E-state index in [1.54, 1.807) is 0 Å². The fourth-order valence-corrected chi connectivity index (χ4v) is 3.61. The van der Waals surface area contributed by atoms with E-state index in [4.69, 9.17) is 0 Å². The Morgan fingerprint density at radius 1 is 1.08 bits per heavy atom. The van der Waals surface area contributed by atoms with Crippen molar-refractivity contribution in [2.45, 2.75) is 26.7 Å².